The van der Waals surface area contributed by atoms with Gasteiger partial charge in [-0.25, -0.2) is 4.99 Å². The van der Waals surface area contributed by atoms with Crippen LogP contribution in [0, 0.1) is 0 Å². The molecule has 0 saturated carbocycles. The Hall–Kier alpha value is -2.53. The van der Waals surface area contributed by atoms with Crippen LogP contribution in [0.5, 0.6) is 5.75 Å². The van der Waals surface area contributed by atoms with Crippen molar-refractivity contribution in [2.45, 2.75) is 46.3 Å². The van der Waals surface area contributed by atoms with E-state index in [1.165, 1.54) is 0 Å². The number of aliphatic hydroxyl groups is 1. The van der Waals surface area contributed by atoms with Gasteiger partial charge in [0.2, 0.25) is 0 Å². The van der Waals surface area contributed by atoms with E-state index in [0.717, 1.165) is 33.1 Å². The summed E-state index contributed by atoms with van der Waals surface area (Å²) in [6.45, 7) is 12.2. The van der Waals surface area contributed by atoms with Gasteiger partial charge in [0.05, 0.1) is 36.1 Å². The van der Waals surface area contributed by atoms with Crippen LogP contribution in [0.4, 0.5) is 0 Å². The van der Waals surface area contributed by atoms with Crippen molar-refractivity contribution >= 4 is 18.1 Å². The molecule has 26 heavy (non-hydrogen) atoms. The first-order chi connectivity index (χ1) is 12.2. The topological polar surface area (TPSA) is 72.8 Å². The summed E-state index contributed by atoms with van der Waals surface area (Å²) in [5, 5.41) is 12.1. The monoisotopic (exact) mass is 355 g/mol. The Labute approximate surface area is 155 Å². The Kier molecular flexibility index (Phi) is 5.93. The highest BCUT2D eigenvalue weighted by molar-refractivity contribution is 5.83. The van der Waals surface area contributed by atoms with Gasteiger partial charge in [0.25, 0.3) is 0 Å². The normalized spacial score (nSPS) is 13.7. The molecule has 0 bridgehead atoms. The van der Waals surface area contributed by atoms with E-state index in [4.69, 9.17) is 10.5 Å². The number of aliphatic imine (C=N–C) groups is 1. The zero-order chi connectivity index (χ0) is 19.5. The van der Waals surface area contributed by atoms with E-state index in [1.54, 1.807) is 21.0 Å². The number of benzene rings is 1. The van der Waals surface area contributed by atoms with E-state index in [0.29, 0.717) is 18.8 Å². The quantitative estimate of drug-likeness (QED) is 0.615. The van der Waals surface area contributed by atoms with Gasteiger partial charge < -0.3 is 20.1 Å². The van der Waals surface area contributed by atoms with Gasteiger partial charge in [-0.2, -0.15) is 0 Å². The largest absolute Gasteiger partial charge is 0.496 e. The SMILES string of the molecule is C=c1ccn(Cc2ccc(C(C)(C)O)cc2OC)/c1=C(\C)N=C(N)CC. The number of methoxy groups -OCH3 is 1. The van der Waals surface area contributed by atoms with Crippen molar-refractivity contribution in [1.82, 2.24) is 4.57 Å². The van der Waals surface area contributed by atoms with Crippen LogP contribution in [0.1, 0.15) is 45.2 Å². The molecule has 0 fully saturated rings. The molecule has 140 valence electrons. The lowest BCUT2D eigenvalue weighted by molar-refractivity contribution is 0.0783. The van der Waals surface area contributed by atoms with E-state index in [-0.39, 0.29) is 0 Å². The highest BCUT2D eigenvalue weighted by Crippen LogP contribution is 2.27. The first-order valence-electron chi connectivity index (χ1n) is 8.75. The van der Waals surface area contributed by atoms with Crippen molar-refractivity contribution in [1.29, 1.82) is 0 Å². The zero-order valence-corrected chi connectivity index (χ0v) is 16.3. The second-order valence-corrected chi connectivity index (χ2v) is 6.95. The van der Waals surface area contributed by atoms with E-state index in [2.05, 4.69) is 16.1 Å². The Morgan fingerprint density at radius 3 is 2.62 bits per heavy atom. The number of hydrogen-bond acceptors (Lipinski definition) is 3. The summed E-state index contributed by atoms with van der Waals surface area (Å²) in [6.07, 6.45) is 2.69. The van der Waals surface area contributed by atoms with Crippen molar-refractivity contribution in [2.75, 3.05) is 7.11 Å². The van der Waals surface area contributed by atoms with Crippen molar-refractivity contribution in [2.24, 2.45) is 10.7 Å². The van der Waals surface area contributed by atoms with Crippen molar-refractivity contribution < 1.29 is 9.84 Å². The average molecular weight is 355 g/mol. The summed E-state index contributed by atoms with van der Waals surface area (Å²) >= 11 is 0. The molecule has 0 aliphatic carbocycles. The molecule has 0 radical (unpaired) electrons. The molecule has 5 heteroatoms. The third-order valence-corrected chi connectivity index (χ3v) is 4.40. The predicted molar refractivity (Wildman–Crippen MR) is 108 cm³/mol. The number of amidine groups is 1. The number of hydrogen-bond donors (Lipinski definition) is 2. The smallest absolute Gasteiger partial charge is 0.124 e. The molecule has 0 aliphatic rings. The van der Waals surface area contributed by atoms with Gasteiger partial charge in [-0.15, -0.1) is 0 Å². The molecular weight excluding hydrogens is 326 g/mol. The lowest BCUT2D eigenvalue weighted by atomic mass is 9.96. The summed E-state index contributed by atoms with van der Waals surface area (Å²) in [7, 11) is 1.64. The minimum Gasteiger partial charge on any atom is -0.496 e. The van der Waals surface area contributed by atoms with E-state index in [9.17, 15) is 5.11 Å². The minimum atomic E-state index is -0.915. The Morgan fingerprint density at radius 2 is 2.04 bits per heavy atom. The lowest BCUT2D eigenvalue weighted by Gasteiger charge is -2.20. The number of rotatable bonds is 6. The second kappa shape index (κ2) is 7.79. The first kappa shape index (κ1) is 19.8. The predicted octanol–water partition coefficient (Wildman–Crippen LogP) is 2.08. The summed E-state index contributed by atoms with van der Waals surface area (Å²) in [6, 6.07) is 7.76. The molecular formula is C21H29N3O2. The van der Waals surface area contributed by atoms with Crippen molar-refractivity contribution in [3.8, 4) is 5.75 Å². The molecule has 1 aromatic heterocycles. The molecule has 1 heterocycles. The summed E-state index contributed by atoms with van der Waals surface area (Å²) < 4.78 is 7.64. The van der Waals surface area contributed by atoms with Crippen LogP contribution in [-0.4, -0.2) is 22.6 Å². The molecule has 0 atom stereocenters. The standard InChI is InChI=1S/C21H29N3O2/c1-7-19(22)23-15(3)20-14(2)10-11-24(20)13-16-8-9-17(21(4,5)25)12-18(16)26-6/h8-12,25H,2,7,13H2,1,3-6H3,(H2,22,23)/b20-15+. The fraction of sp³-hybridized carbons (Fsp3) is 0.381. The Balaban J connectivity index is 2.51. The second-order valence-electron chi connectivity index (χ2n) is 6.95. The van der Waals surface area contributed by atoms with E-state index >= 15 is 0 Å². The first-order valence-corrected chi connectivity index (χ1v) is 8.75. The minimum absolute atomic E-state index is 0.599. The van der Waals surface area contributed by atoms with Gasteiger partial charge in [0.1, 0.15) is 5.75 Å². The number of nitrogens with two attached hydrogens (primary N) is 1. The van der Waals surface area contributed by atoms with E-state index in [1.807, 2.05) is 44.3 Å². The molecule has 0 amide bonds. The lowest BCUT2D eigenvalue weighted by Crippen LogP contribution is -2.30. The molecule has 3 N–H and O–H groups in total. The molecule has 0 aliphatic heterocycles. The fourth-order valence-corrected chi connectivity index (χ4v) is 2.88. The van der Waals surface area contributed by atoms with Gasteiger partial charge in [-0.1, -0.05) is 25.6 Å². The highest BCUT2D eigenvalue weighted by Gasteiger charge is 2.18. The molecule has 2 aromatic rings. The number of aromatic nitrogens is 1. The Bertz CT molecular complexity index is 918. The molecule has 0 unspecified atom stereocenters. The van der Waals surface area contributed by atoms with Gasteiger partial charge in [0.15, 0.2) is 0 Å². The molecule has 5 nitrogen and oxygen atoms in total. The van der Waals surface area contributed by atoms with Crippen LogP contribution < -0.4 is 21.0 Å². The van der Waals surface area contributed by atoms with Crippen molar-refractivity contribution in [3.63, 3.8) is 0 Å². The van der Waals surface area contributed by atoms with Crippen LogP contribution in [0.2, 0.25) is 0 Å². The van der Waals surface area contributed by atoms with Crippen LogP contribution in [0.3, 0.4) is 0 Å². The highest BCUT2D eigenvalue weighted by atomic mass is 16.5. The van der Waals surface area contributed by atoms with Crippen LogP contribution in [0.25, 0.3) is 12.3 Å². The van der Waals surface area contributed by atoms with Gasteiger partial charge >= 0.3 is 0 Å². The maximum absolute atomic E-state index is 10.2. The van der Waals surface area contributed by atoms with Gasteiger partial charge in [-0.05, 0) is 43.7 Å². The summed E-state index contributed by atoms with van der Waals surface area (Å²) in [4.78, 5) is 4.48. The van der Waals surface area contributed by atoms with Gasteiger partial charge in [0, 0.05) is 18.2 Å². The number of ether oxygens (including phenoxy) is 1. The maximum atomic E-state index is 10.2. The summed E-state index contributed by atoms with van der Waals surface area (Å²) in [5.74, 6) is 1.34. The zero-order valence-electron chi connectivity index (χ0n) is 16.3. The number of nitrogens with zero attached hydrogens (tertiary/aromatic N) is 2. The average Bonchev–Trinajstić information content (AvgIpc) is 2.94. The maximum Gasteiger partial charge on any atom is 0.124 e. The van der Waals surface area contributed by atoms with Crippen molar-refractivity contribution in [3.05, 3.63) is 52.2 Å². The summed E-state index contributed by atoms with van der Waals surface area (Å²) in [5.41, 5.74) is 7.64. The molecule has 1 aromatic carbocycles. The van der Waals surface area contributed by atoms with Gasteiger partial charge in [-0.3, -0.25) is 0 Å². The third-order valence-electron chi connectivity index (χ3n) is 4.40. The molecule has 0 spiro atoms. The third kappa shape index (κ3) is 4.35. The fourth-order valence-electron chi connectivity index (χ4n) is 2.88. The van der Waals surface area contributed by atoms with Crippen LogP contribution in [0.15, 0.2) is 35.5 Å². The van der Waals surface area contributed by atoms with E-state index < -0.39 is 5.60 Å². The van der Waals surface area contributed by atoms with Crippen LogP contribution >= 0.6 is 0 Å². The molecule has 0 saturated heterocycles. The van der Waals surface area contributed by atoms with Crippen LogP contribution in [-0.2, 0) is 12.1 Å². The Morgan fingerprint density at radius 1 is 1.35 bits per heavy atom. The molecule has 2 rings (SSSR count).